The van der Waals surface area contributed by atoms with E-state index in [1.54, 1.807) is 13.2 Å². The fourth-order valence-corrected chi connectivity index (χ4v) is 1.74. The van der Waals surface area contributed by atoms with Crippen LogP contribution in [0.25, 0.3) is 0 Å². The molecule has 0 aliphatic carbocycles. The summed E-state index contributed by atoms with van der Waals surface area (Å²) >= 11 is 0. The second-order valence-electron chi connectivity index (χ2n) is 4.21. The van der Waals surface area contributed by atoms with Gasteiger partial charge in [0.15, 0.2) is 5.69 Å². The zero-order chi connectivity index (χ0) is 15.2. The average molecular weight is 288 g/mol. The summed E-state index contributed by atoms with van der Waals surface area (Å²) in [5.74, 6) is 0.582. The number of aromatic nitrogens is 2. The molecule has 1 aromatic carbocycles. The van der Waals surface area contributed by atoms with Gasteiger partial charge >= 0.3 is 5.97 Å². The third kappa shape index (κ3) is 3.59. The first kappa shape index (κ1) is 14.6. The Hall–Kier alpha value is -2.83. The van der Waals surface area contributed by atoms with Crippen LogP contribution in [-0.4, -0.2) is 30.2 Å². The Kier molecular flexibility index (Phi) is 4.55. The minimum absolute atomic E-state index is 0.150. The number of anilines is 2. The number of nitrogen functional groups attached to an aromatic ring is 1. The number of carbonyl (C=O) groups excluding carboxylic acids is 1. The second kappa shape index (κ2) is 6.56. The molecule has 0 saturated carbocycles. The summed E-state index contributed by atoms with van der Waals surface area (Å²) in [6.45, 7) is 0.494. The van der Waals surface area contributed by atoms with Gasteiger partial charge in [0.25, 0.3) is 0 Å². The van der Waals surface area contributed by atoms with Crippen LogP contribution < -0.4 is 15.8 Å². The van der Waals surface area contributed by atoms with Crippen LogP contribution in [0.15, 0.2) is 30.6 Å². The Morgan fingerprint density at radius 3 is 2.81 bits per heavy atom. The highest BCUT2D eigenvalue weighted by Gasteiger charge is 2.08. The predicted molar refractivity (Wildman–Crippen MR) is 78.1 cm³/mol. The van der Waals surface area contributed by atoms with E-state index in [0.717, 1.165) is 5.56 Å². The topological polar surface area (TPSA) is 99.4 Å². The number of carbonyl (C=O) groups is 1. The second-order valence-corrected chi connectivity index (χ2v) is 4.21. The monoisotopic (exact) mass is 288 g/mol. The van der Waals surface area contributed by atoms with Crippen molar-refractivity contribution in [2.75, 3.05) is 25.3 Å². The number of methoxy groups -OCH3 is 2. The summed E-state index contributed by atoms with van der Waals surface area (Å²) in [4.78, 5) is 19.4. The molecule has 2 aromatic rings. The number of nitrogens with zero attached hydrogens (tertiary/aromatic N) is 2. The fourth-order valence-electron chi connectivity index (χ4n) is 1.74. The van der Waals surface area contributed by atoms with E-state index in [0.29, 0.717) is 23.8 Å². The van der Waals surface area contributed by atoms with Crippen LogP contribution in [-0.2, 0) is 11.3 Å². The van der Waals surface area contributed by atoms with Gasteiger partial charge in [-0.2, -0.15) is 0 Å². The zero-order valence-corrected chi connectivity index (χ0v) is 11.8. The lowest BCUT2D eigenvalue weighted by Crippen LogP contribution is -2.08. The van der Waals surface area contributed by atoms with Gasteiger partial charge in [0.05, 0.1) is 32.3 Å². The van der Waals surface area contributed by atoms with Gasteiger partial charge in [0.2, 0.25) is 0 Å². The van der Waals surface area contributed by atoms with E-state index in [1.807, 2.05) is 12.1 Å². The van der Waals surface area contributed by atoms with Gasteiger partial charge in [-0.1, -0.05) is 6.07 Å². The number of hydrogen-bond acceptors (Lipinski definition) is 7. The van der Waals surface area contributed by atoms with Gasteiger partial charge in [-0.15, -0.1) is 0 Å². The van der Waals surface area contributed by atoms with E-state index in [9.17, 15) is 4.79 Å². The Bertz CT molecular complexity index is 646. The van der Waals surface area contributed by atoms with E-state index >= 15 is 0 Å². The van der Waals surface area contributed by atoms with Crippen LogP contribution in [0.5, 0.6) is 5.75 Å². The molecular formula is C14H16N4O3. The molecule has 3 N–H and O–H groups in total. The molecule has 0 saturated heterocycles. The minimum Gasteiger partial charge on any atom is -0.495 e. The molecule has 0 atom stereocenters. The molecule has 0 aliphatic rings. The molecule has 1 heterocycles. The molecule has 110 valence electrons. The van der Waals surface area contributed by atoms with Crippen molar-refractivity contribution in [2.45, 2.75) is 6.54 Å². The molecule has 7 heteroatoms. The van der Waals surface area contributed by atoms with Crippen LogP contribution in [0.2, 0.25) is 0 Å². The lowest BCUT2D eigenvalue weighted by Gasteiger charge is -2.09. The number of ether oxygens (including phenoxy) is 2. The van der Waals surface area contributed by atoms with Crippen molar-refractivity contribution in [1.82, 2.24) is 9.97 Å². The third-order valence-electron chi connectivity index (χ3n) is 2.80. The average Bonchev–Trinajstić information content (AvgIpc) is 2.52. The highest BCUT2D eigenvalue weighted by molar-refractivity contribution is 5.87. The Labute approximate surface area is 122 Å². The SMILES string of the molecule is COC(=O)c1cncc(NCc2ccc(OC)c(N)c2)n1. The summed E-state index contributed by atoms with van der Waals surface area (Å²) in [5.41, 5.74) is 7.51. The largest absolute Gasteiger partial charge is 0.495 e. The summed E-state index contributed by atoms with van der Waals surface area (Å²) < 4.78 is 9.69. The number of benzene rings is 1. The number of nitrogens with two attached hydrogens (primary N) is 1. The highest BCUT2D eigenvalue weighted by atomic mass is 16.5. The van der Waals surface area contributed by atoms with Crippen molar-refractivity contribution in [2.24, 2.45) is 0 Å². The summed E-state index contributed by atoms with van der Waals surface area (Å²) in [7, 11) is 2.86. The highest BCUT2D eigenvalue weighted by Crippen LogP contribution is 2.22. The van der Waals surface area contributed by atoms with E-state index in [4.69, 9.17) is 10.5 Å². The molecule has 0 aliphatic heterocycles. The standard InChI is InChI=1S/C14H16N4O3/c1-20-12-4-3-9(5-10(12)15)6-17-13-8-16-7-11(18-13)14(19)21-2/h3-5,7-8H,6,15H2,1-2H3,(H,17,18). The molecule has 21 heavy (non-hydrogen) atoms. The van der Waals surface area contributed by atoms with Gasteiger partial charge in [-0.3, -0.25) is 4.98 Å². The molecule has 0 fully saturated rings. The molecule has 0 amide bonds. The lowest BCUT2D eigenvalue weighted by molar-refractivity contribution is 0.0593. The van der Waals surface area contributed by atoms with Crippen LogP contribution in [0.3, 0.4) is 0 Å². The smallest absolute Gasteiger partial charge is 0.358 e. The van der Waals surface area contributed by atoms with Crippen molar-refractivity contribution >= 4 is 17.5 Å². The summed E-state index contributed by atoms with van der Waals surface area (Å²) in [6.07, 6.45) is 2.88. The Balaban J connectivity index is 2.06. The van der Waals surface area contributed by atoms with Crippen molar-refractivity contribution < 1.29 is 14.3 Å². The molecular weight excluding hydrogens is 272 g/mol. The Morgan fingerprint density at radius 2 is 2.14 bits per heavy atom. The predicted octanol–water partition coefficient (Wildman–Crippen LogP) is 1.47. The maximum Gasteiger partial charge on any atom is 0.358 e. The number of esters is 1. The molecule has 0 radical (unpaired) electrons. The number of nitrogens with one attached hydrogen (secondary N) is 1. The van der Waals surface area contributed by atoms with Crippen molar-refractivity contribution in [3.05, 3.63) is 41.9 Å². The number of rotatable bonds is 5. The van der Waals surface area contributed by atoms with Gasteiger partial charge in [-0.05, 0) is 17.7 Å². The molecule has 0 spiro atoms. The van der Waals surface area contributed by atoms with Crippen molar-refractivity contribution in [3.63, 3.8) is 0 Å². The van der Waals surface area contributed by atoms with E-state index in [1.165, 1.54) is 19.5 Å². The first-order chi connectivity index (χ1) is 10.1. The van der Waals surface area contributed by atoms with E-state index in [-0.39, 0.29) is 5.69 Å². The molecule has 7 nitrogen and oxygen atoms in total. The molecule has 1 aromatic heterocycles. The lowest BCUT2D eigenvalue weighted by atomic mass is 10.2. The molecule has 0 unspecified atom stereocenters. The minimum atomic E-state index is -0.528. The summed E-state index contributed by atoms with van der Waals surface area (Å²) in [5, 5.41) is 3.07. The quantitative estimate of drug-likeness (QED) is 0.634. The molecule has 2 rings (SSSR count). The van der Waals surface area contributed by atoms with Crippen LogP contribution in [0, 0.1) is 0 Å². The van der Waals surface area contributed by atoms with E-state index in [2.05, 4.69) is 20.0 Å². The van der Waals surface area contributed by atoms with Crippen molar-refractivity contribution in [1.29, 1.82) is 0 Å². The van der Waals surface area contributed by atoms with E-state index < -0.39 is 5.97 Å². The Morgan fingerprint density at radius 1 is 1.33 bits per heavy atom. The van der Waals surface area contributed by atoms with Crippen LogP contribution in [0.4, 0.5) is 11.5 Å². The first-order valence-electron chi connectivity index (χ1n) is 6.20. The molecule has 0 bridgehead atoms. The van der Waals surface area contributed by atoms with Crippen molar-refractivity contribution in [3.8, 4) is 5.75 Å². The first-order valence-corrected chi connectivity index (χ1v) is 6.20. The number of hydrogen-bond donors (Lipinski definition) is 2. The van der Waals surface area contributed by atoms with Gasteiger partial charge in [-0.25, -0.2) is 9.78 Å². The van der Waals surface area contributed by atoms with Gasteiger partial charge in [0, 0.05) is 6.54 Å². The van der Waals surface area contributed by atoms with Gasteiger partial charge < -0.3 is 20.5 Å². The van der Waals surface area contributed by atoms with Gasteiger partial charge in [0.1, 0.15) is 11.6 Å². The summed E-state index contributed by atoms with van der Waals surface area (Å²) in [6, 6.07) is 5.49. The maximum atomic E-state index is 11.4. The third-order valence-corrected chi connectivity index (χ3v) is 2.80. The zero-order valence-electron chi connectivity index (χ0n) is 11.8. The maximum absolute atomic E-state index is 11.4. The fraction of sp³-hybridized carbons (Fsp3) is 0.214. The van der Waals surface area contributed by atoms with Crippen LogP contribution >= 0.6 is 0 Å². The normalized spacial score (nSPS) is 10.0. The van der Waals surface area contributed by atoms with Crippen LogP contribution in [0.1, 0.15) is 16.1 Å².